The highest BCUT2D eigenvalue weighted by Gasteiger charge is 2.30. The van der Waals surface area contributed by atoms with E-state index in [1.54, 1.807) is 42.6 Å². The first-order chi connectivity index (χ1) is 14.7. The van der Waals surface area contributed by atoms with E-state index in [1.165, 1.54) is 17.3 Å². The van der Waals surface area contributed by atoms with Gasteiger partial charge in [0.2, 0.25) is 10.0 Å². The molecule has 0 aliphatic carbocycles. The molecule has 0 saturated heterocycles. The zero-order valence-corrected chi connectivity index (χ0v) is 19.4. The minimum Gasteiger partial charge on any atom is -0.382 e. The molecule has 0 amide bonds. The summed E-state index contributed by atoms with van der Waals surface area (Å²) in [5.74, 6) is 0.00580. The summed E-state index contributed by atoms with van der Waals surface area (Å²) in [5, 5.41) is 0.743. The molecule has 3 rings (SSSR count). The van der Waals surface area contributed by atoms with Crippen LogP contribution >= 0.6 is 0 Å². The van der Waals surface area contributed by atoms with Crippen LogP contribution in [0, 0.1) is 0 Å². The fraction of sp³-hybridized carbons (Fsp3) is 0.318. The van der Waals surface area contributed by atoms with E-state index in [0.717, 1.165) is 5.39 Å². The molecule has 2 aromatic carbocycles. The maximum absolute atomic E-state index is 13.7. The highest BCUT2D eigenvalue weighted by Crippen LogP contribution is 2.28. The molecule has 1 unspecified atom stereocenters. The molecule has 3 aromatic rings. The Balaban J connectivity index is 2.01. The molecule has 0 spiro atoms. The van der Waals surface area contributed by atoms with Crippen molar-refractivity contribution in [3.8, 4) is 5.75 Å². The van der Waals surface area contributed by atoms with Crippen molar-refractivity contribution in [3.63, 3.8) is 0 Å². The predicted octanol–water partition coefficient (Wildman–Crippen LogP) is 3.95. The first-order valence-corrected chi connectivity index (χ1v) is 13.1. The molecule has 31 heavy (non-hydrogen) atoms. The van der Waals surface area contributed by atoms with E-state index in [-0.39, 0.29) is 29.0 Å². The normalized spacial score (nSPS) is 13.4. The summed E-state index contributed by atoms with van der Waals surface area (Å²) < 4.78 is 57.4. The first-order valence-electron chi connectivity index (χ1n) is 10.0. The topological polar surface area (TPSA) is 93.6 Å². The summed E-state index contributed by atoms with van der Waals surface area (Å²) in [7, 11) is -7.55. The van der Waals surface area contributed by atoms with Gasteiger partial charge in [0.25, 0.3) is 0 Å². The summed E-state index contributed by atoms with van der Waals surface area (Å²) in [5.41, 5.74) is 1.05. The van der Waals surface area contributed by atoms with E-state index in [4.69, 9.17) is 4.18 Å². The van der Waals surface area contributed by atoms with Crippen molar-refractivity contribution in [2.75, 3.05) is 5.75 Å². The van der Waals surface area contributed by atoms with Gasteiger partial charge >= 0.3 is 10.1 Å². The Morgan fingerprint density at radius 1 is 1.00 bits per heavy atom. The van der Waals surface area contributed by atoms with Gasteiger partial charge in [-0.25, -0.2) is 8.42 Å². The highest BCUT2D eigenvalue weighted by atomic mass is 32.2. The minimum absolute atomic E-state index is 0.0733. The van der Waals surface area contributed by atoms with Gasteiger partial charge in [-0.1, -0.05) is 37.3 Å². The summed E-state index contributed by atoms with van der Waals surface area (Å²) in [6, 6.07) is 14.9. The van der Waals surface area contributed by atoms with Gasteiger partial charge in [-0.2, -0.15) is 12.7 Å². The van der Waals surface area contributed by atoms with E-state index in [9.17, 15) is 16.8 Å². The summed E-state index contributed by atoms with van der Waals surface area (Å²) >= 11 is 0. The fourth-order valence-electron chi connectivity index (χ4n) is 3.17. The number of nitrogens with zero attached hydrogens (tertiary/aromatic N) is 2. The molecule has 0 N–H and O–H groups in total. The van der Waals surface area contributed by atoms with Gasteiger partial charge < -0.3 is 4.18 Å². The molecule has 7 nitrogen and oxygen atoms in total. The largest absolute Gasteiger partial charge is 0.382 e. The molecular weight excluding hydrogens is 436 g/mol. The highest BCUT2D eigenvalue weighted by molar-refractivity contribution is 7.89. The number of hydrogen-bond acceptors (Lipinski definition) is 6. The Morgan fingerprint density at radius 3 is 2.42 bits per heavy atom. The van der Waals surface area contributed by atoms with Crippen molar-refractivity contribution in [1.29, 1.82) is 0 Å². The smallest absolute Gasteiger partial charge is 0.308 e. The third-order valence-electron chi connectivity index (χ3n) is 5.08. The lowest BCUT2D eigenvalue weighted by atomic mass is 10.2. The van der Waals surface area contributed by atoms with Crippen LogP contribution < -0.4 is 4.18 Å². The molecule has 0 saturated carbocycles. The molecule has 0 aliphatic heterocycles. The van der Waals surface area contributed by atoms with Crippen molar-refractivity contribution < 1.29 is 21.0 Å². The number of para-hydroxylation sites is 1. The SMILES string of the molecule is CCC(C)N(Cc1cccc(OS(=O)(=O)CC)c1)S(=O)(=O)c1cccc2cccnc12. The zero-order chi connectivity index (χ0) is 22.6. The van der Waals surface area contributed by atoms with Gasteiger partial charge in [-0.05, 0) is 50.1 Å². The Kier molecular flexibility index (Phi) is 6.98. The molecule has 166 valence electrons. The molecule has 0 fully saturated rings. The second-order valence-corrected chi connectivity index (χ2v) is 10.9. The number of aromatic nitrogens is 1. The standard InChI is InChI=1S/C22H26N2O5S2/c1-4-17(3)24(16-18-9-6-12-20(15-18)29-30(25,26)5-2)31(27,28)21-13-7-10-19-11-8-14-23-22(19)21/h6-15,17H,4-5,16H2,1-3H3. The quantitative estimate of drug-likeness (QED) is 0.447. The van der Waals surface area contributed by atoms with E-state index in [1.807, 2.05) is 26.0 Å². The average Bonchev–Trinajstić information content (AvgIpc) is 2.76. The number of hydrogen-bond donors (Lipinski definition) is 0. The maximum atomic E-state index is 13.7. The summed E-state index contributed by atoms with van der Waals surface area (Å²) in [6.07, 6.45) is 2.18. The Morgan fingerprint density at radius 2 is 1.71 bits per heavy atom. The first kappa shape index (κ1) is 23.2. The van der Waals surface area contributed by atoms with Crippen LogP contribution in [0.4, 0.5) is 0 Å². The molecule has 0 bridgehead atoms. The summed E-state index contributed by atoms with van der Waals surface area (Å²) in [6.45, 7) is 5.33. The van der Waals surface area contributed by atoms with Crippen molar-refractivity contribution in [3.05, 3.63) is 66.4 Å². The molecule has 1 atom stereocenters. The molecule has 1 heterocycles. The lowest BCUT2D eigenvalue weighted by Gasteiger charge is -2.28. The van der Waals surface area contributed by atoms with Gasteiger partial charge in [0.15, 0.2) is 0 Å². The van der Waals surface area contributed by atoms with E-state index < -0.39 is 20.1 Å². The average molecular weight is 463 g/mol. The second kappa shape index (κ2) is 9.33. The number of sulfonamides is 1. The van der Waals surface area contributed by atoms with Crippen molar-refractivity contribution in [1.82, 2.24) is 9.29 Å². The fourth-order valence-corrected chi connectivity index (χ4v) is 5.55. The van der Waals surface area contributed by atoms with Crippen LogP contribution in [-0.4, -0.2) is 37.9 Å². The molecule has 0 radical (unpaired) electrons. The monoisotopic (exact) mass is 462 g/mol. The van der Waals surface area contributed by atoms with E-state index in [0.29, 0.717) is 17.5 Å². The molecule has 0 aliphatic rings. The van der Waals surface area contributed by atoms with Gasteiger partial charge in [0.1, 0.15) is 10.6 Å². The van der Waals surface area contributed by atoms with Crippen LogP contribution in [0.25, 0.3) is 10.9 Å². The lowest BCUT2D eigenvalue weighted by molar-refractivity contribution is 0.323. The number of rotatable bonds is 9. The van der Waals surface area contributed by atoms with Crippen LogP contribution in [0.3, 0.4) is 0 Å². The number of fused-ring (bicyclic) bond motifs is 1. The third-order valence-corrected chi connectivity index (χ3v) is 8.22. The van der Waals surface area contributed by atoms with E-state index >= 15 is 0 Å². The van der Waals surface area contributed by atoms with Crippen molar-refractivity contribution >= 4 is 31.0 Å². The van der Waals surface area contributed by atoms with Crippen LogP contribution in [0.2, 0.25) is 0 Å². The maximum Gasteiger partial charge on any atom is 0.308 e. The van der Waals surface area contributed by atoms with Gasteiger partial charge in [-0.15, -0.1) is 0 Å². The predicted molar refractivity (Wildman–Crippen MR) is 121 cm³/mol. The van der Waals surface area contributed by atoms with Crippen LogP contribution in [0.15, 0.2) is 65.7 Å². The van der Waals surface area contributed by atoms with Crippen LogP contribution in [0.5, 0.6) is 5.75 Å². The molecular formula is C22H26N2O5S2. The van der Waals surface area contributed by atoms with Crippen molar-refractivity contribution in [2.24, 2.45) is 0 Å². The second-order valence-electron chi connectivity index (χ2n) is 7.22. The minimum atomic E-state index is -3.88. The molecule has 9 heteroatoms. The van der Waals surface area contributed by atoms with Crippen molar-refractivity contribution in [2.45, 2.75) is 44.7 Å². The summed E-state index contributed by atoms with van der Waals surface area (Å²) in [4.78, 5) is 4.44. The number of benzene rings is 2. The Bertz CT molecular complexity index is 1270. The Hall–Kier alpha value is -2.49. The molecule has 1 aromatic heterocycles. The Labute approximate surface area is 183 Å². The third kappa shape index (κ3) is 5.23. The van der Waals surface area contributed by atoms with E-state index in [2.05, 4.69) is 4.98 Å². The van der Waals surface area contributed by atoms with Gasteiger partial charge in [0, 0.05) is 24.2 Å². The lowest BCUT2D eigenvalue weighted by Crippen LogP contribution is -2.38. The number of pyridine rings is 1. The van der Waals surface area contributed by atoms with Crippen LogP contribution in [-0.2, 0) is 26.7 Å². The zero-order valence-electron chi connectivity index (χ0n) is 17.7. The van der Waals surface area contributed by atoms with Gasteiger partial charge in [-0.3, -0.25) is 4.98 Å². The van der Waals surface area contributed by atoms with Gasteiger partial charge in [0.05, 0.1) is 11.3 Å². The van der Waals surface area contributed by atoms with Crippen LogP contribution in [0.1, 0.15) is 32.8 Å².